The number of aromatic amines is 1. The molecule has 7 nitrogen and oxygen atoms in total. The Labute approximate surface area is 169 Å². The molecule has 0 radical (unpaired) electrons. The van der Waals surface area contributed by atoms with E-state index in [9.17, 15) is 9.59 Å². The fraction of sp³-hybridized carbons (Fsp3) is 0.227. The molecule has 7 heteroatoms. The van der Waals surface area contributed by atoms with Crippen LogP contribution in [0.15, 0.2) is 60.9 Å². The number of imidazole rings is 1. The zero-order valence-electron chi connectivity index (χ0n) is 16.3. The van der Waals surface area contributed by atoms with E-state index in [1.807, 2.05) is 59.5 Å². The third kappa shape index (κ3) is 4.13. The van der Waals surface area contributed by atoms with Crippen molar-refractivity contribution in [3.05, 3.63) is 66.6 Å². The Bertz CT molecular complexity index is 1010. The number of hydrogen-bond donors (Lipinski definition) is 2. The topological polar surface area (TPSA) is 81.3 Å². The van der Waals surface area contributed by atoms with Gasteiger partial charge in [-0.25, -0.2) is 4.98 Å². The van der Waals surface area contributed by atoms with Gasteiger partial charge in [-0.1, -0.05) is 36.4 Å². The Balaban J connectivity index is 1.44. The molecule has 0 atom stereocenters. The molecule has 29 heavy (non-hydrogen) atoms. The van der Waals surface area contributed by atoms with E-state index in [-0.39, 0.29) is 11.8 Å². The van der Waals surface area contributed by atoms with Crippen molar-refractivity contribution in [1.29, 1.82) is 0 Å². The van der Waals surface area contributed by atoms with E-state index >= 15 is 0 Å². The van der Waals surface area contributed by atoms with E-state index in [4.69, 9.17) is 0 Å². The number of carbonyl (C=O) groups is 2. The largest absolute Gasteiger partial charge is 0.368 e. The van der Waals surface area contributed by atoms with Gasteiger partial charge in [0.1, 0.15) is 11.4 Å². The van der Waals surface area contributed by atoms with Crippen LogP contribution in [0, 0.1) is 0 Å². The lowest BCUT2D eigenvalue weighted by atomic mass is 10.1. The minimum absolute atomic E-state index is 0.0343. The number of H-pyrrole nitrogens is 1. The number of benzene rings is 2. The van der Waals surface area contributed by atoms with Crippen molar-refractivity contribution in [3.63, 3.8) is 0 Å². The number of aromatic nitrogens is 2. The van der Waals surface area contributed by atoms with Gasteiger partial charge in [-0.2, -0.15) is 0 Å². The normalized spacial score (nSPS) is 14.0. The third-order valence-corrected chi connectivity index (χ3v) is 5.00. The fourth-order valence-corrected chi connectivity index (χ4v) is 3.58. The Hall–Kier alpha value is -3.61. The molecule has 0 saturated carbocycles. The summed E-state index contributed by atoms with van der Waals surface area (Å²) in [7, 11) is 0. The molecule has 1 saturated heterocycles. The van der Waals surface area contributed by atoms with Crippen LogP contribution >= 0.6 is 0 Å². The molecule has 148 valence electrons. The van der Waals surface area contributed by atoms with Crippen LogP contribution in [0.25, 0.3) is 11.3 Å². The van der Waals surface area contributed by atoms with Gasteiger partial charge in [0, 0.05) is 50.0 Å². The van der Waals surface area contributed by atoms with Crippen molar-refractivity contribution in [2.45, 2.75) is 6.92 Å². The summed E-state index contributed by atoms with van der Waals surface area (Å²) in [5.41, 5.74) is 3.94. The number of nitrogens with one attached hydrogen (secondary N) is 2. The lowest BCUT2D eigenvalue weighted by Gasteiger charge is -2.36. The number of rotatable bonds is 4. The number of carbonyl (C=O) groups excluding carboxylic acids is 2. The van der Waals surface area contributed by atoms with Crippen molar-refractivity contribution in [2.75, 3.05) is 36.4 Å². The number of nitrogens with zero attached hydrogens (tertiary/aromatic N) is 3. The molecule has 2 amide bonds. The van der Waals surface area contributed by atoms with E-state index in [1.165, 1.54) is 6.92 Å². The molecule has 0 unspecified atom stereocenters. The first kappa shape index (κ1) is 18.7. The monoisotopic (exact) mass is 389 g/mol. The van der Waals surface area contributed by atoms with Gasteiger partial charge in [0.25, 0.3) is 5.91 Å². The predicted molar refractivity (Wildman–Crippen MR) is 113 cm³/mol. The molecule has 0 spiro atoms. The zero-order valence-corrected chi connectivity index (χ0v) is 16.3. The average molecular weight is 389 g/mol. The second-order valence-corrected chi connectivity index (χ2v) is 7.00. The minimum atomic E-state index is -0.0913. The Morgan fingerprint density at radius 3 is 2.48 bits per heavy atom. The van der Waals surface area contributed by atoms with Gasteiger partial charge in [0.2, 0.25) is 5.91 Å². The van der Waals surface area contributed by atoms with E-state index < -0.39 is 0 Å². The molecular weight excluding hydrogens is 366 g/mol. The first-order valence-electron chi connectivity index (χ1n) is 9.62. The molecule has 1 aromatic heterocycles. The van der Waals surface area contributed by atoms with Crippen LogP contribution in [-0.2, 0) is 4.79 Å². The molecule has 4 rings (SSSR count). The third-order valence-electron chi connectivity index (χ3n) is 5.00. The quantitative estimate of drug-likeness (QED) is 0.719. The lowest BCUT2D eigenvalue weighted by Crippen LogP contribution is -2.49. The van der Waals surface area contributed by atoms with Crippen LogP contribution in [0.1, 0.15) is 17.4 Å². The first-order valence-corrected chi connectivity index (χ1v) is 9.62. The molecule has 1 aliphatic heterocycles. The standard InChI is InChI=1S/C22H23N5O2/c1-16(28)25-18-8-5-9-19(14-18)26-10-12-27(13-11-26)22(29)21-20(23-15-24-21)17-6-3-2-4-7-17/h2-9,14-15H,10-13H2,1H3,(H,23,24)(H,25,28). The lowest BCUT2D eigenvalue weighted by molar-refractivity contribution is -0.114. The smallest absolute Gasteiger partial charge is 0.272 e. The highest BCUT2D eigenvalue weighted by Crippen LogP contribution is 2.24. The summed E-state index contributed by atoms with van der Waals surface area (Å²) in [6.07, 6.45) is 1.57. The van der Waals surface area contributed by atoms with E-state index in [2.05, 4.69) is 20.2 Å². The SMILES string of the molecule is CC(=O)Nc1cccc(N2CCN(C(=O)c3[nH]cnc3-c3ccccc3)CC2)c1. The zero-order chi connectivity index (χ0) is 20.2. The average Bonchev–Trinajstić information content (AvgIpc) is 3.24. The molecular formula is C22H23N5O2. The van der Waals surface area contributed by atoms with Gasteiger partial charge in [-0.05, 0) is 18.2 Å². The molecule has 2 heterocycles. The van der Waals surface area contributed by atoms with Crippen LogP contribution in [0.5, 0.6) is 0 Å². The molecule has 2 aromatic carbocycles. The highest BCUT2D eigenvalue weighted by atomic mass is 16.2. The minimum Gasteiger partial charge on any atom is -0.368 e. The Kier molecular flexibility index (Phi) is 5.29. The van der Waals surface area contributed by atoms with Gasteiger partial charge in [0.05, 0.1) is 6.33 Å². The molecule has 1 fully saturated rings. The second-order valence-electron chi connectivity index (χ2n) is 7.00. The highest BCUT2D eigenvalue weighted by Gasteiger charge is 2.25. The Morgan fingerprint density at radius 1 is 1.00 bits per heavy atom. The summed E-state index contributed by atoms with van der Waals surface area (Å²) in [4.78, 5) is 35.8. The maximum absolute atomic E-state index is 13.1. The summed E-state index contributed by atoms with van der Waals surface area (Å²) in [6, 6.07) is 17.5. The summed E-state index contributed by atoms with van der Waals surface area (Å²) in [6.45, 7) is 4.19. The maximum Gasteiger partial charge on any atom is 0.272 e. The van der Waals surface area contributed by atoms with Crippen molar-refractivity contribution >= 4 is 23.2 Å². The maximum atomic E-state index is 13.1. The second kappa shape index (κ2) is 8.18. The molecule has 0 aliphatic carbocycles. The van der Waals surface area contributed by atoms with Crippen LogP contribution < -0.4 is 10.2 Å². The number of anilines is 2. The number of hydrogen-bond acceptors (Lipinski definition) is 4. The van der Waals surface area contributed by atoms with Crippen molar-refractivity contribution in [3.8, 4) is 11.3 Å². The fourth-order valence-electron chi connectivity index (χ4n) is 3.58. The number of piperazine rings is 1. The highest BCUT2D eigenvalue weighted by molar-refractivity contribution is 5.98. The van der Waals surface area contributed by atoms with Gasteiger partial charge in [0.15, 0.2) is 0 Å². The molecule has 3 aromatic rings. The van der Waals surface area contributed by atoms with Gasteiger partial charge in [-0.3, -0.25) is 9.59 Å². The van der Waals surface area contributed by atoms with Crippen molar-refractivity contribution < 1.29 is 9.59 Å². The van der Waals surface area contributed by atoms with E-state index in [0.29, 0.717) is 24.5 Å². The van der Waals surface area contributed by atoms with Crippen LogP contribution in [0.3, 0.4) is 0 Å². The van der Waals surface area contributed by atoms with Gasteiger partial charge >= 0.3 is 0 Å². The Morgan fingerprint density at radius 2 is 1.76 bits per heavy atom. The molecule has 1 aliphatic rings. The van der Waals surface area contributed by atoms with Crippen molar-refractivity contribution in [2.24, 2.45) is 0 Å². The van der Waals surface area contributed by atoms with Crippen LogP contribution in [-0.4, -0.2) is 52.9 Å². The summed E-state index contributed by atoms with van der Waals surface area (Å²) in [5, 5.41) is 2.81. The molecule has 2 N–H and O–H groups in total. The van der Waals surface area contributed by atoms with Crippen LogP contribution in [0.2, 0.25) is 0 Å². The van der Waals surface area contributed by atoms with Gasteiger partial charge in [-0.15, -0.1) is 0 Å². The van der Waals surface area contributed by atoms with E-state index in [0.717, 1.165) is 30.0 Å². The van der Waals surface area contributed by atoms with E-state index in [1.54, 1.807) is 6.33 Å². The van der Waals surface area contributed by atoms with Crippen LogP contribution in [0.4, 0.5) is 11.4 Å². The summed E-state index contributed by atoms with van der Waals surface area (Å²) < 4.78 is 0. The summed E-state index contributed by atoms with van der Waals surface area (Å²) >= 11 is 0. The first-order chi connectivity index (χ1) is 14.1. The predicted octanol–water partition coefficient (Wildman–Crippen LogP) is 3.00. The summed E-state index contributed by atoms with van der Waals surface area (Å²) in [5.74, 6) is -0.126. The van der Waals surface area contributed by atoms with Crippen molar-refractivity contribution in [1.82, 2.24) is 14.9 Å². The number of amides is 2. The van der Waals surface area contributed by atoms with Gasteiger partial charge < -0.3 is 20.1 Å². The molecule has 0 bridgehead atoms.